The van der Waals surface area contributed by atoms with Crippen molar-refractivity contribution in [3.63, 3.8) is 0 Å². The van der Waals surface area contributed by atoms with Crippen LogP contribution in [0, 0.1) is 0 Å². The summed E-state index contributed by atoms with van der Waals surface area (Å²) in [6.45, 7) is 4.18. The number of hydrogen-bond acceptors (Lipinski definition) is 5. The summed E-state index contributed by atoms with van der Waals surface area (Å²) in [4.78, 5) is 10.3. The lowest BCUT2D eigenvalue weighted by Gasteiger charge is -2.11. The van der Waals surface area contributed by atoms with Gasteiger partial charge in [0.15, 0.2) is 0 Å². The van der Waals surface area contributed by atoms with Gasteiger partial charge in [-0.1, -0.05) is 0 Å². The number of nitrogens with zero attached hydrogens (tertiary/aromatic N) is 3. The molecule has 0 atom stereocenters. The van der Waals surface area contributed by atoms with Gasteiger partial charge in [0.1, 0.15) is 5.82 Å². The maximum atomic E-state index is 5.22. The first kappa shape index (κ1) is 11.7. The molecule has 0 aliphatic carbocycles. The Labute approximate surface area is 90.5 Å². The fraction of sp³-hybridized carbons (Fsp3) is 0.600. The Morgan fingerprint density at radius 3 is 2.93 bits per heavy atom. The first-order valence-corrected chi connectivity index (χ1v) is 5.06. The zero-order valence-electron chi connectivity index (χ0n) is 9.53. The lowest BCUT2D eigenvalue weighted by Crippen LogP contribution is -2.15. The number of hydrogen-bond donors (Lipinski definition) is 1. The highest BCUT2D eigenvalue weighted by Gasteiger charge is 1.99. The zero-order chi connectivity index (χ0) is 11.1. The first-order valence-electron chi connectivity index (χ1n) is 5.06. The summed E-state index contributed by atoms with van der Waals surface area (Å²) in [6, 6.07) is 1.85. The van der Waals surface area contributed by atoms with E-state index in [1.54, 1.807) is 6.20 Å². The Morgan fingerprint density at radius 1 is 1.47 bits per heavy atom. The van der Waals surface area contributed by atoms with Crippen molar-refractivity contribution in [3.05, 3.63) is 12.3 Å². The second kappa shape index (κ2) is 6.19. The van der Waals surface area contributed by atoms with Gasteiger partial charge in [0.2, 0.25) is 5.95 Å². The average molecular weight is 210 g/mol. The smallest absolute Gasteiger partial charge is 0.226 e. The molecule has 0 spiro atoms. The van der Waals surface area contributed by atoms with Crippen LogP contribution in [0.25, 0.3) is 0 Å². The molecule has 0 aliphatic rings. The van der Waals surface area contributed by atoms with Crippen LogP contribution in [0.2, 0.25) is 0 Å². The summed E-state index contributed by atoms with van der Waals surface area (Å²) < 4.78 is 5.22. The molecule has 0 aliphatic heterocycles. The SMILES string of the molecule is CCOCCNc1ccnc(N(C)C)n1. The van der Waals surface area contributed by atoms with Crippen molar-refractivity contribution in [2.75, 3.05) is 44.1 Å². The van der Waals surface area contributed by atoms with E-state index in [0.29, 0.717) is 12.6 Å². The van der Waals surface area contributed by atoms with Gasteiger partial charge in [0.05, 0.1) is 6.61 Å². The molecule has 0 fully saturated rings. The number of aromatic nitrogens is 2. The standard InChI is InChI=1S/C10H18N4O/c1-4-15-8-7-11-9-5-6-12-10(13-9)14(2)3/h5-6H,4,7-8H2,1-3H3,(H,11,12,13). The molecule has 5 heteroatoms. The topological polar surface area (TPSA) is 50.3 Å². The van der Waals surface area contributed by atoms with Gasteiger partial charge in [-0.2, -0.15) is 4.98 Å². The van der Waals surface area contributed by atoms with Crippen molar-refractivity contribution >= 4 is 11.8 Å². The van der Waals surface area contributed by atoms with Crippen LogP contribution in [0.3, 0.4) is 0 Å². The molecule has 1 N–H and O–H groups in total. The highest BCUT2D eigenvalue weighted by Crippen LogP contribution is 2.06. The molecule has 15 heavy (non-hydrogen) atoms. The summed E-state index contributed by atoms with van der Waals surface area (Å²) in [7, 11) is 3.83. The Balaban J connectivity index is 2.43. The van der Waals surface area contributed by atoms with E-state index < -0.39 is 0 Å². The van der Waals surface area contributed by atoms with Crippen molar-refractivity contribution < 1.29 is 4.74 Å². The number of nitrogens with one attached hydrogen (secondary N) is 1. The summed E-state index contributed by atoms with van der Waals surface area (Å²) in [5.41, 5.74) is 0. The van der Waals surface area contributed by atoms with E-state index >= 15 is 0 Å². The molecule has 84 valence electrons. The van der Waals surface area contributed by atoms with Crippen LogP contribution in [-0.4, -0.2) is 43.8 Å². The lowest BCUT2D eigenvalue weighted by molar-refractivity contribution is 0.158. The molecule has 5 nitrogen and oxygen atoms in total. The third kappa shape index (κ3) is 4.12. The van der Waals surface area contributed by atoms with Gasteiger partial charge in [-0.05, 0) is 13.0 Å². The minimum absolute atomic E-state index is 0.692. The van der Waals surface area contributed by atoms with Gasteiger partial charge < -0.3 is 15.0 Å². The van der Waals surface area contributed by atoms with Crippen LogP contribution < -0.4 is 10.2 Å². The molecular weight excluding hydrogens is 192 g/mol. The monoisotopic (exact) mass is 210 g/mol. The normalized spacial score (nSPS) is 10.1. The van der Waals surface area contributed by atoms with Crippen LogP contribution >= 0.6 is 0 Å². The van der Waals surface area contributed by atoms with Crippen molar-refractivity contribution in [2.45, 2.75) is 6.92 Å². The molecule has 0 saturated heterocycles. The Bertz CT molecular complexity index is 291. The second-order valence-electron chi connectivity index (χ2n) is 3.26. The van der Waals surface area contributed by atoms with E-state index in [0.717, 1.165) is 19.0 Å². The van der Waals surface area contributed by atoms with Crippen LogP contribution in [0.5, 0.6) is 0 Å². The number of rotatable bonds is 6. The summed E-state index contributed by atoms with van der Waals surface area (Å²) >= 11 is 0. The minimum Gasteiger partial charge on any atom is -0.380 e. The van der Waals surface area contributed by atoms with Gasteiger partial charge in [-0.15, -0.1) is 0 Å². The molecule has 0 amide bonds. The van der Waals surface area contributed by atoms with E-state index in [1.165, 1.54) is 0 Å². The van der Waals surface area contributed by atoms with Gasteiger partial charge in [0.25, 0.3) is 0 Å². The summed E-state index contributed by atoms with van der Waals surface area (Å²) in [5, 5.41) is 3.17. The van der Waals surface area contributed by atoms with Gasteiger partial charge >= 0.3 is 0 Å². The predicted octanol–water partition coefficient (Wildman–Crippen LogP) is 0.991. The fourth-order valence-electron chi connectivity index (χ4n) is 1.06. The quantitative estimate of drug-likeness (QED) is 0.710. The fourth-order valence-corrected chi connectivity index (χ4v) is 1.06. The van der Waals surface area contributed by atoms with Crippen LogP contribution in [-0.2, 0) is 4.74 Å². The molecule has 0 bridgehead atoms. The van der Waals surface area contributed by atoms with E-state index in [9.17, 15) is 0 Å². The van der Waals surface area contributed by atoms with Crippen molar-refractivity contribution in [2.24, 2.45) is 0 Å². The zero-order valence-corrected chi connectivity index (χ0v) is 9.53. The molecule has 1 aromatic rings. The number of anilines is 2. The van der Waals surface area contributed by atoms with Crippen molar-refractivity contribution in [1.29, 1.82) is 0 Å². The molecule has 0 saturated carbocycles. The van der Waals surface area contributed by atoms with Crippen molar-refractivity contribution in [3.8, 4) is 0 Å². The molecule has 0 radical (unpaired) electrons. The molecule has 1 aromatic heterocycles. The lowest BCUT2D eigenvalue weighted by atomic mass is 10.5. The minimum atomic E-state index is 0.692. The molecule has 1 rings (SSSR count). The average Bonchev–Trinajstić information content (AvgIpc) is 2.25. The van der Waals surface area contributed by atoms with E-state index in [1.807, 2.05) is 32.0 Å². The second-order valence-corrected chi connectivity index (χ2v) is 3.26. The van der Waals surface area contributed by atoms with Gasteiger partial charge in [-0.3, -0.25) is 0 Å². The summed E-state index contributed by atoms with van der Waals surface area (Å²) in [5.74, 6) is 1.53. The molecule has 0 unspecified atom stereocenters. The molecule has 1 heterocycles. The highest BCUT2D eigenvalue weighted by atomic mass is 16.5. The van der Waals surface area contributed by atoms with E-state index in [2.05, 4.69) is 15.3 Å². The predicted molar refractivity (Wildman–Crippen MR) is 61.3 cm³/mol. The van der Waals surface area contributed by atoms with Crippen LogP contribution in [0.4, 0.5) is 11.8 Å². The third-order valence-electron chi connectivity index (χ3n) is 1.80. The van der Waals surface area contributed by atoms with Gasteiger partial charge in [0, 0.05) is 33.4 Å². The Hall–Kier alpha value is -1.36. The molecular formula is C10H18N4O. The van der Waals surface area contributed by atoms with Gasteiger partial charge in [-0.25, -0.2) is 4.98 Å². The first-order chi connectivity index (χ1) is 7.24. The summed E-state index contributed by atoms with van der Waals surface area (Å²) in [6.07, 6.45) is 1.74. The maximum Gasteiger partial charge on any atom is 0.226 e. The Morgan fingerprint density at radius 2 is 2.27 bits per heavy atom. The number of ether oxygens (including phenoxy) is 1. The van der Waals surface area contributed by atoms with E-state index in [4.69, 9.17) is 4.74 Å². The third-order valence-corrected chi connectivity index (χ3v) is 1.80. The van der Waals surface area contributed by atoms with E-state index in [-0.39, 0.29) is 0 Å². The van der Waals surface area contributed by atoms with Crippen LogP contribution in [0.15, 0.2) is 12.3 Å². The van der Waals surface area contributed by atoms with Crippen molar-refractivity contribution in [1.82, 2.24) is 9.97 Å². The highest BCUT2D eigenvalue weighted by molar-refractivity contribution is 5.40. The molecule has 0 aromatic carbocycles. The Kier molecular flexibility index (Phi) is 4.83. The van der Waals surface area contributed by atoms with Crippen LogP contribution in [0.1, 0.15) is 6.92 Å². The maximum absolute atomic E-state index is 5.22. The largest absolute Gasteiger partial charge is 0.380 e.